The highest BCUT2D eigenvalue weighted by molar-refractivity contribution is 4.80. The second-order valence-electron chi connectivity index (χ2n) is 3.18. The van der Waals surface area contributed by atoms with Crippen LogP contribution in [0.25, 0.3) is 0 Å². The third-order valence-electron chi connectivity index (χ3n) is 2.31. The van der Waals surface area contributed by atoms with Crippen molar-refractivity contribution in [2.45, 2.75) is 31.8 Å². The smallest absolute Gasteiger partial charge is 0.192 e. The lowest BCUT2D eigenvalue weighted by molar-refractivity contribution is -0.216. The van der Waals surface area contributed by atoms with E-state index in [0.717, 1.165) is 0 Å². The van der Waals surface area contributed by atoms with Gasteiger partial charge in [0, 0.05) is 13.7 Å². The van der Waals surface area contributed by atoms with E-state index in [-0.39, 0.29) is 12.2 Å². The van der Waals surface area contributed by atoms with Crippen LogP contribution in [-0.4, -0.2) is 38.3 Å². The Morgan fingerprint density at radius 1 is 1.75 bits per heavy atom. The molecule has 1 aliphatic rings. The Morgan fingerprint density at radius 3 is 2.83 bits per heavy atom. The van der Waals surface area contributed by atoms with Crippen LogP contribution in [-0.2, 0) is 14.2 Å². The van der Waals surface area contributed by atoms with Crippen molar-refractivity contribution in [2.75, 3.05) is 20.3 Å². The van der Waals surface area contributed by atoms with Crippen molar-refractivity contribution in [3.05, 3.63) is 0 Å². The van der Waals surface area contributed by atoms with Crippen molar-refractivity contribution in [2.24, 2.45) is 5.73 Å². The molecule has 72 valence electrons. The Hall–Kier alpha value is -0.160. The van der Waals surface area contributed by atoms with Crippen molar-refractivity contribution >= 4 is 0 Å². The predicted octanol–water partition coefficient (Wildman–Crippen LogP) is 0.112. The molecule has 3 atom stereocenters. The Kier molecular flexibility index (Phi) is 3.06. The summed E-state index contributed by atoms with van der Waals surface area (Å²) in [7, 11) is 1.64. The SMILES string of the molecule is COC(C)C1(C)OCC(CN)O1. The minimum atomic E-state index is -0.626. The molecule has 0 aromatic rings. The molecule has 1 saturated heterocycles. The number of hydrogen-bond donors (Lipinski definition) is 1. The van der Waals surface area contributed by atoms with Crippen molar-refractivity contribution in [3.63, 3.8) is 0 Å². The topological polar surface area (TPSA) is 53.7 Å². The Balaban J connectivity index is 2.51. The molecular formula is C8H17NO3. The molecule has 0 amide bonds. The maximum Gasteiger partial charge on any atom is 0.192 e. The number of nitrogens with two attached hydrogens (primary N) is 1. The molecule has 3 unspecified atom stereocenters. The summed E-state index contributed by atoms with van der Waals surface area (Å²) < 4.78 is 16.2. The van der Waals surface area contributed by atoms with Gasteiger partial charge in [-0.15, -0.1) is 0 Å². The summed E-state index contributed by atoms with van der Waals surface area (Å²) in [5.41, 5.74) is 5.45. The first-order valence-electron chi connectivity index (χ1n) is 4.17. The summed E-state index contributed by atoms with van der Waals surface area (Å²) >= 11 is 0. The summed E-state index contributed by atoms with van der Waals surface area (Å²) in [6.45, 7) is 4.84. The zero-order valence-electron chi connectivity index (χ0n) is 7.87. The second-order valence-corrected chi connectivity index (χ2v) is 3.18. The van der Waals surface area contributed by atoms with Crippen molar-refractivity contribution < 1.29 is 14.2 Å². The molecule has 0 aromatic carbocycles. The number of methoxy groups -OCH3 is 1. The van der Waals surface area contributed by atoms with Crippen molar-refractivity contribution in [1.29, 1.82) is 0 Å². The van der Waals surface area contributed by atoms with Gasteiger partial charge in [-0.1, -0.05) is 0 Å². The number of ether oxygens (including phenoxy) is 3. The van der Waals surface area contributed by atoms with Crippen LogP contribution in [0.15, 0.2) is 0 Å². The Morgan fingerprint density at radius 2 is 2.42 bits per heavy atom. The monoisotopic (exact) mass is 175 g/mol. The largest absolute Gasteiger partial charge is 0.376 e. The Bertz CT molecular complexity index is 153. The molecule has 4 nitrogen and oxygen atoms in total. The number of hydrogen-bond acceptors (Lipinski definition) is 4. The van der Waals surface area contributed by atoms with Crippen molar-refractivity contribution in [3.8, 4) is 0 Å². The van der Waals surface area contributed by atoms with Gasteiger partial charge in [-0.05, 0) is 13.8 Å². The zero-order valence-corrected chi connectivity index (χ0v) is 7.87. The molecule has 1 aliphatic heterocycles. The lowest BCUT2D eigenvalue weighted by Gasteiger charge is -2.28. The summed E-state index contributed by atoms with van der Waals surface area (Å²) in [5, 5.41) is 0. The summed E-state index contributed by atoms with van der Waals surface area (Å²) in [6.07, 6.45) is -0.0679. The molecule has 12 heavy (non-hydrogen) atoms. The van der Waals surface area contributed by atoms with Crippen LogP contribution in [0.2, 0.25) is 0 Å². The summed E-state index contributed by atoms with van der Waals surface area (Å²) in [4.78, 5) is 0. The third-order valence-corrected chi connectivity index (χ3v) is 2.31. The molecule has 1 fully saturated rings. The fourth-order valence-electron chi connectivity index (χ4n) is 1.20. The lowest BCUT2D eigenvalue weighted by Crippen LogP contribution is -2.40. The van der Waals surface area contributed by atoms with Gasteiger partial charge in [0.1, 0.15) is 6.10 Å². The van der Waals surface area contributed by atoms with Gasteiger partial charge in [-0.2, -0.15) is 0 Å². The molecular weight excluding hydrogens is 158 g/mol. The van der Waals surface area contributed by atoms with E-state index < -0.39 is 5.79 Å². The minimum Gasteiger partial charge on any atom is -0.376 e. The van der Waals surface area contributed by atoms with Gasteiger partial charge in [0.15, 0.2) is 5.79 Å². The fraction of sp³-hybridized carbons (Fsp3) is 1.00. The van der Waals surface area contributed by atoms with Crippen LogP contribution >= 0.6 is 0 Å². The van der Waals surface area contributed by atoms with Crippen LogP contribution in [0.4, 0.5) is 0 Å². The van der Waals surface area contributed by atoms with E-state index in [1.165, 1.54) is 0 Å². The summed E-state index contributed by atoms with van der Waals surface area (Å²) in [5.74, 6) is -0.626. The molecule has 0 spiro atoms. The second kappa shape index (κ2) is 3.70. The maximum absolute atomic E-state index is 5.58. The highest BCUT2D eigenvalue weighted by Crippen LogP contribution is 2.27. The first kappa shape index (κ1) is 9.92. The van der Waals surface area contributed by atoms with Crippen LogP contribution < -0.4 is 5.73 Å². The van der Waals surface area contributed by atoms with Gasteiger partial charge in [0.25, 0.3) is 0 Å². The van der Waals surface area contributed by atoms with E-state index >= 15 is 0 Å². The van der Waals surface area contributed by atoms with Crippen LogP contribution in [0.3, 0.4) is 0 Å². The lowest BCUT2D eigenvalue weighted by atomic mass is 10.2. The molecule has 1 heterocycles. The molecule has 0 aliphatic carbocycles. The first-order valence-corrected chi connectivity index (χ1v) is 4.17. The molecule has 4 heteroatoms. The molecule has 0 aromatic heterocycles. The standard InChI is InChI=1S/C8H17NO3/c1-6(10-3)8(2)11-5-7(4-9)12-8/h6-7H,4-5,9H2,1-3H3. The van der Waals surface area contributed by atoms with Gasteiger partial charge in [0.2, 0.25) is 0 Å². The molecule has 0 saturated carbocycles. The normalized spacial score (nSPS) is 38.5. The summed E-state index contributed by atoms with van der Waals surface area (Å²) in [6, 6.07) is 0. The van der Waals surface area contributed by atoms with E-state index in [0.29, 0.717) is 13.2 Å². The van der Waals surface area contributed by atoms with Gasteiger partial charge < -0.3 is 19.9 Å². The van der Waals surface area contributed by atoms with Crippen molar-refractivity contribution in [1.82, 2.24) is 0 Å². The maximum atomic E-state index is 5.58. The van der Waals surface area contributed by atoms with E-state index in [1.54, 1.807) is 7.11 Å². The average Bonchev–Trinajstić information content (AvgIpc) is 2.47. The molecule has 2 N–H and O–H groups in total. The van der Waals surface area contributed by atoms with Crippen LogP contribution in [0.1, 0.15) is 13.8 Å². The highest BCUT2D eigenvalue weighted by Gasteiger charge is 2.41. The fourth-order valence-corrected chi connectivity index (χ4v) is 1.20. The molecule has 0 radical (unpaired) electrons. The Labute approximate surface area is 73.0 Å². The van der Waals surface area contributed by atoms with Gasteiger partial charge in [-0.25, -0.2) is 0 Å². The van der Waals surface area contributed by atoms with Crippen LogP contribution in [0.5, 0.6) is 0 Å². The molecule has 1 rings (SSSR count). The van der Waals surface area contributed by atoms with E-state index in [4.69, 9.17) is 19.9 Å². The predicted molar refractivity (Wildman–Crippen MR) is 44.8 cm³/mol. The minimum absolute atomic E-state index is 0.00704. The highest BCUT2D eigenvalue weighted by atomic mass is 16.8. The third kappa shape index (κ3) is 1.77. The van der Waals surface area contributed by atoms with E-state index in [1.807, 2.05) is 13.8 Å². The van der Waals surface area contributed by atoms with Crippen LogP contribution in [0, 0.1) is 0 Å². The first-order chi connectivity index (χ1) is 5.62. The molecule has 0 bridgehead atoms. The average molecular weight is 175 g/mol. The van der Waals surface area contributed by atoms with Gasteiger partial charge in [-0.3, -0.25) is 0 Å². The van der Waals surface area contributed by atoms with E-state index in [2.05, 4.69) is 0 Å². The quantitative estimate of drug-likeness (QED) is 0.661. The van der Waals surface area contributed by atoms with E-state index in [9.17, 15) is 0 Å². The number of rotatable bonds is 3. The van der Waals surface area contributed by atoms with Gasteiger partial charge >= 0.3 is 0 Å². The zero-order chi connectivity index (χ0) is 9.19. The van der Waals surface area contributed by atoms with Gasteiger partial charge in [0.05, 0.1) is 12.7 Å².